The van der Waals surface area contributed by atoms with Gasteiger partial charge in [0, 0.05) is 13.0 Å². The van der Waals surface area contributed by atoms with Crippen LogP contribution in [-0.4, -0.2) is 38.7 Å². The summed E-state index contributed by atoms with van der Waals surface area (Å²) in [6.45, 7) is 1.60. The monoisotopic (exact) mass is 269 g/mol. The summed E-state index contributed by atoms with van der Waals surface area (Å²) in [5, 5.41) is 12.7. The number of phenols is 1. The number of aliphatic imine (C=N–C) groups is 1. The molecule has 7 heteroatoms. The van der Waals surface area contributed by atoms with E-state index in [9.17, 15) is 13.5 Å². The highest BCUT2D eigenvalue weighted by molar-refractivity contribution is 7.92. The predicted molar refractivity (Wildman–Crippen MR) is 70.6 cm³/mol. The number of hydrogen-bond donors (Lipinski definition) is 3. The maximum absolute atomic E-state index is 11.2. The van der Waals surface area contributed by atoms with Gasteiger partial charge in [0.1, 0.15) is 11.6 Å². The first-order chi connectivity index (χ1) is 8.44. The molecule has 6 nitrogen and oxygen atoms in total. The lowest BCUT2D eigenvalue weighted by Crippen LogP contribution is -2.20. The van der Waals surface area contributed by atoms with E-state index in [4.69, 9.17) is 0 Å². The Bertz CT molecular complexity index is 581. The van der Waals surface area contributed by atoms with Crippen LogP contribution in [0, 0.1) is 0 Å². The second-order valence-corrected chi connectivity index (χ2v) is 5.91. The Kier molecular flexibility index (Phi) is 3.42. The van der Waals surface area contributed by atoms with Gasteiger partial charge in [0.05, 0.1) is 18.5 Å². The first-order valence-electron chi connectivity index (χ1n) is 5.51. The molecule has 0 saturated carbocycles. The van der Waals surface area contributed by atoms with E-state index in [0.29, 0.717) is 6.42 Å². The summed E-state index contributed by atoms with van der Waals surface area (Å²) in [5.74, 6) is 0.788. The second kappa shape index (κ2) is 4.85. The van der Waals surface area contributed by atoms with Crippen LogP contribution >= 0.6 is 0 Å². The molecule has 0 unspecified atom stereocenters. The highest BCUT2D eigenvalue weighted by Crippen LogP contribution is 2.25. The second-order valence-electron chi connectivity index (χ2n) is 4.16. The SMILES string of the molecule is CS(=O)(=O)Nc1cc(CC2=NCCN2)ccc1O. The maximum atomic E-state index is 11.2. The van der Waals surface area contributed by atoms with Crippen LogP contribution in [0.3, 0.4) is 0 Å². The van der Waals surface area contributed by atoms with Crippen molar-refractivity contribution in [2.75, 3.05) is 24.1 Å². The molecule has 1 aliphatic rings. The summed E-state index contributed by atoms with van der Waals surface area (Å²) >= 11 is 0. The zero-order chi connectivity index (χ0) is 13.2. The standard InChI is InChI=1S/C11H15N3O3S/c1-18(16,17)14-9-6-8(2-3-10(9)15)7-11-12-4-5-13-11/h2-3,6,14-15H,4-5,7H2,1H3,(H,12,13). The zero-order valence-electron chi connectivity index (χ0n) is 9.97. The number of anilines is 1. The van der Waals surface area contributed by atoms with Crippen LogP contribution in [0.2, 0.25) is 0 Å². The van der Waals surface area contributed by atoms with Gasteiger partial charge in [-0.3, -0.25) is 9.71 Å². The van der Waals surface area contributed by atoms with Gasteiger partial charge in [-0.2, -0.15) is 0 Å². The summed E-state index contributed by atoms with van der Waals surface area (Å²) in [6.07, 6.45) is 1.64. The van der Waals surface area contributed by atoms with Crippen LogP contribution in [0.25, 0.3) is 0 Å². The fourth-order valence-corrected chi connectivity index (χ4v) is 2.30. The topological polar surface area (TPSA) is 90.8 Å². The van der Waals surface area contributed by atoms with Gasteiger partial charge in [0.15, 0.2) is 0 Å². The minimum absolute atomic E-state index is 0.0921. The van der Waals surface area contributed by atoms with Gasteiger partial charge in [-0.15, -0.1) is 0 Å². The van der Waals surface area contributed by atoms with Crippen LogP contribution in [0.5, 0.6) is 5.75 Å². The van der Waals surface area contributed by atoms with Gasteiger partial charge in [0.25, 0.3) is 0 Å². The van der Waals surface area contributed by atoms with Gasteiger partial charge in [-0.1, -0.05) is 6.07 Å². The Labute approximate surface area is 106 Å². The van der Waals surface area contributed by atoms with Crippen molar-refractivity contribution in [3.8, 4) is 5.75 Å². The van der Waals surface area contributed by atoms with E-state index in [-0.39, 0.29) is 11.4 Å². The molecular formula is C11H15N3O3S. The number of nitrogens with zero attached hydrogens (tertiary/aromatic N) is 1. The molecule has 0 amide bonds. The van der Waals surface area contributed by atoms with Crippen molar-refractivity contribution in [3.63, 3.8) is 0 Å². The molecule has 98 valence electrons. The summed E-state index contributed by atoms with van der Waals surface area (Å²) < 4.78 is 24.6. The van der Waals surface area contributed by atoms with Gasteiger partial charge < -0.3 is 10.4 Å². The third kappa shape index (κ3) is 3.36. The molecule has 18 heavy (non-hydrogen) atoms. The molecule has 0 radical (unpaired) electrons. The molecule has 3 N–H and O–H groups in total. The van der Waals surface area contributed by atoms with Crippen molar-refractivity contribution < 1.29 is 13.5 Å². The average Bonchev–Trinajstić information content (AvgIpc) is 2.74. The number of rotatable bonds is 4. The van der Waals surface area contributed by atoms with Crippen molar-refractivity contribution in [2.45, 2.75) is 6.42 Å². The van der Waals surface area contributed by atoms with Crippen LogP contribution in [0.4, 0.5) is 5.69 Å². The van der Waals surface area contributed by atoms with E-state index >= 15 is 0 Å². The first kappa shape index (κ1) is 12.7. The summed E-state index contributed by atoms with van der Waals surface area (Å²) in [5.41, 5.74) is 1.07. The quantitative estimate of drug-likeness (QED) is 0.686. The summed E-state index contributed by atoms with van der Waals surface area (Å²) in [4.78, 5) is 4.26. The molecule has 2 rings (SSSR count). The largest absolute Gasteiger partial charge is 0.506 e. The number of sulfonamides is 1. The fourth-order valence-electron chi connectivity index (χ4n) is 1.73. The number of phenolic OH excluding ortho intramolecular Hbond substituents is 1. The molecule has 0 aliphatic carbocycles. The van der Waals surface area contributed by atoms with Gasteiger partial charge in [-0.05, 0) is 17.7 Å². The minimum Gasteiger partial charge on any atom is -0.506 e. The number of benzene rings is 1. The molecule has 1 aromatic rings. The highest BCUT2D eigenvalue weighted by Gasteiger charge is 2.10. The Morgan fingerprint density at radius 1 is 1.50 bits per heavy atom. The summed E-state index contributed by atoms with van der Waals surface area (Å²) in [6, 6.07) is 4.82. The van der Waals surface area contributed by atoms with Crippen molar-refractivity contribution >= 4 is 21.5 Å². The zero-order valence-corrected chi connectivity index (χ0v) is 10.8. The number of amidine groups is 1. The Hall–Kier alpha value is -1.76. The lowest BCUT2D eigenvalue weighted by Gasteiger charge is -2.09. The molecule has 0 atom stereocenters. The molecule has 0 bridgehead atoms. The predicted octanol–water partition coefficient (Wildman–Crippen LogP) is 0.308. The molecule has 1 heterocycles. The van der Waals surface area contributed by atoms with Crippen LogP contribution < -0.4 is 10.0 Å². The number of hydrogen-bond acceptors (Lipinski definition) is 5. The third-order valence-corrected chi connectivity index (χ3v) is 3.06. The molecule has 1 aliphatic heterocycles. The van der Waals surface area contributed by atoms with E-state index in [0.717, 1.165) is 30.7 Å². The van der Waals surface area contributed by atoms with Gasteiger partial charge in [0.2, 0.25) is 10.0 Å². The molecule has 1 aromatic carbocycles. The molecule has 0 fully saturated rings. The number of nitrogens with one attached hydrogen (secondary N) is 2. The Morgan fingerprint density at radius 3 is 2.89 bits per heavy atom. The van der Waals surface area contributed by atoms with Crippen molar-refractivity contribution in [2.24, 2.45) is 4.99 Å². The highest BCUT2D eigenvalue weighted by atomic mass is 32.2. The molecule has 0 aromatic heterocycles. The molecule has 0 saturated heterocycles. The maximum Gasteiger partial charge on any atom is 0.229 e. The van der Waals surface area contributed by atoms with Crippen molar-refractivity contribution in [1.82, 2.24) is 5.32 Å². The summed E-state index contributed by atoms with van der Waals surface area (Å²) in [7, 11) is -3.40. The van der Waals surface area contributed by atoms with E-state index in [1.165, 1.54) is 6.07 Å². The van der Waals surface area contributed by atoms with E-state index in [1.807, 2.05) is 0 Å². The lowest BCUT2D eigenvalue weighted by molar-refractivity contribution is 0.477. The number of aromatic hydroxyl groups is 1. The van der Waals surface area contributed by atoms with Crippen LogP contribution in [0.15, 0.2) is 23.2 Å². The van der Waals surface area contributed by atoms with E-state index in [1.54, 1.807) is 12.1 Å². The van der Waals surface area contributed by atoms with Gasteiger partial charge >= 0.3 is 0 Å². The third-order valence-electron chi connectivity index (χ3n) is 2.47. The fraction of sp³-hybridized carbons (Fsp3) is 0.364. The smallest absolute Gasteiger partial charge is 0.229 e. The van der Waals surface area contributed by atoms with Crippen molar-refractivity contribution in [3.05, 3.63) is 23.8 Å². The molecule has 0 spiro atoms. The van der Waals surface area contributed by atoms with Crippen LogP contribution in [-0.2, 0) is 16.4 Å². The normalized spacial score (nSPS) is 15.1. The Morgan fingerprint density at radius 2 is 2.28 bits per heavy atom. The van der Waals surface area contributed by atoms with E-state index in [2.05, 4.69) is 15.0 Å². The van der Waals surface area contributed by atoms with Gasteiger partial charge in [-0.25, -0.2) is 8.42 Å². The van der Waals surface area contributed by atoms with Crippen LogP contribution in [0.1, 0.15) is 5.56 Å². The molecular weight excluding hydrogens is 254 g/mol. The van der Waals surface area contributed by atoms with Crippen molar-refractivity contribution in [1.29, 1.82) is 0 Å². The average molecular weight is 269 g/mol. The lowest BCUT2D eigenvalue weighted by atomic mass is 10.1. The minimum atomic E-state index is -3.40. The Balaban J connectivity index is 2.20. The first-order valence-corrected chi connectivity index (χ1v) is 7.40. The van der Waals surface area contributed by atoms with E-state index < -0.39 is 10.0 Å².